The first-order valence-corrected chi connectivity index (χ1v) is 4.57. The van der Waals surface area contributed by atoms with Crippen molar-refractivity contribution in [3.63, 3.8) is 0 Å². The quantitative estimate of drug-likeness (QED) is 0.545. The Labute approximate surface area is 69.6 Å². The Morgan fingerprint density at radius 3 is 2.36 bits per heavy atom. The van der Waals surface area contributed by atoms with Crippen LogP contribution in [0.25, 0.3) is 4.85 Å². The smallest absolute Gasteiger partial charge is 0.232 e. The van der Waals surface area contributed by atoms with E-state index in [2.05, 4.69) is 18.7 Å². The molecular formula is C10H17N. The molecule has 0 aromatic carbocycles. The molecule has 0 atom stereocenters. The Kier molecular flexibility index (Phi) is 2.54. The highest BCUT2D eigenvalue weighted by atomic mass is 14.8. The van der Waals surface area contributed by atoms with Gasteiger partial charge >= 0.3 is 0 Å². The first kappa shape index (κ1) is 8.59. The largest absolute Gasteiger partial charge is 0.310 e. The Morgan fingerprint density at radius 1 is 1.45 bits per heavy atom. The Morgan fingerprint density at radius 2 is 2.09 bits per heavy atom. The van der Waals surface area contributed by atoms with Crippen LogP contribution in [0.2, 0.25) is 0 Å². The van der Waals surface area contributed by atoms with Gasteiger partial charge < -0.3 is 4.85 Å². The molecule has 0 aromatic heterocycles. The minimum atomic E-state index is 0.0876. The maximum atomic E-state index is 7.08. The highest BCUT2D eigenvalue weighted by Gasteiger charge is 2.42. The maximum Gasteiger partial charge on any atom is 0.232 e. The molecule has 0 heterocycles. The molecule has 11 heavy (non-hydrogen) atoms. The van der Waals surface area contributed by atoms with Gasteiger partial charge in [-0.25, -0.2) is 6.57 Å². The molecule has 1 rings (SSSR count). The van der Waals surface area contributed by atoms with Crippen LogP contribution in [0.1, 0.15) is 46.0 Å². The van der Waals surface area contributed by atoms with Crippen LogP contribution >= 0.6 is 0 Å². The monoisotopic (exact) mass is 151 g/mol. The van der Waals surface area contributed by atoms with E-state index >= 15 is 0 Å². The van der Waals surface area contributed by atoms with Gasteiger partial charge in [0.1, 0.15) is 0 Å². The van der Waals surface area contributed by atoms with Gasteiger partial charge in [0.15, 0.2) is 0 Å². The van der Waals surface area contributed by atoms with Crippen LogP contribution in [0.5, 0.6) is 0 Å². The van der Waals surface area contributed by atoms with Crippen LogP contribution in [0.3, 0.4) is 0 Å². The van der Waals surface area contributed by atoms with Crippen molar-refractivity contribution in [2.75, 3.05) is 0 Å². The van der Waals surface area contributed by atoms with Gasteiger partial charge in [-0.05, 0) is 18.8 Å². The summed E-state index contributed by atoms with van der Waals surface area (Å²) in [5.74, 6) is 0.759. The van der Waals surface area contributed by atoms with Gasteiger partial charge in [0.2, 0.25) is 5.54 Å². The van der Waals surface area contributed by atoms with E-state index in [4.69, 9.17) is 6.57 Å². The number of hydrogen-bond acceptors (Lipinski definition) is 0. The molecule has 0 radical (unpaired) electrons. The van der Waals surface area contributed by atoms with Crippen LogP contribution in [0.15, 0.2) is 0 Å². The molecule has 0 aromatic rings. The second kappa shape index (κ2) is 3.26. The summed E-state index contributed by atoms with van der Waals surface area (Å²) >= 11 is 0. The molecule has 1 heteroatoms. The van der Waals surface area contributed by atoms with E-state index < -0.39 is 0 Å². The van der Waals surface area contributed by atoms with Crippen molar-refractivity contribution in [2.24, 2.45) is 5.92 Å². The minimum absolute atomic E-state index is 0.0876. The van der Waals surface area contributed by atoms with E-state index in [1.165, 1.54) is 12.8 Å². The average Bonchev–Trinajstić information content (AvgIpc) is 1.86. The summed E-state index contributed by atoms with van der Waals surface area (Å²) in [6.07, 6.45) is 5.95. The molecule has 0 N–H and O–H groups in total. The molecule has 0 bridgehead atoms. The van der Waals surface area contributed by atoms with Gasteiger partial charge in [-0.3, -0.25) is 0 Å². The summed E-state index contributed by atoms with van der Waals surface area (Å²) in [5, 5.41) is 0. The number of rotatable bonds is 3. The second-order valence-electron chi connectivity index (χ2n) is 4.12. The lowest BCUT2D eigenvalue weighted by Gasteiger charge is -2.30. The molecule has 1 saturated carbocycles. The Hall–Kier alpha value is -0.510. The third-order valence-electron chi connectivity index (χ3n) is 2.71. The van der Waals surface area contributed by atoms with Crippen molar-refractivity contribution in [3.8, 4) is 0 Å². The molecule has 1 aliphatic rings. The zero-order chi connectivity index (χ0) is 8.32. The maximum absolute atomic E-state index is 7.08. The van der Waals surface area contributed by atoms with Crippen molar-refractivity contribution in [2.45, 2.75) is 51.5 Å². The molecule has 0 amide bonds. The number of nitrogens with zero attached hydrogens (tertiary/aromatic N) is 1. The summed E-state index contributed by atoms with van der Waals surface area (Å²) in [4.78, 5) is 3.75. The van der Waals surface area contributed by atoms with E-state index in [1.807, 2.05) is 0 Å². The van der Waals surface area contributed by atoms with Gasteiger partial charge in [0, 0.05) is 19.3 Å². The zero-order valence-electron chi connectivity index (χ0n) is 7.56. The van der Waals surface area contributed by atoms with E-state index in [0.717, 1.165) is 25.2 Å². The summed E-state index contributed by atoms with van der Waals surface area (Å²) in [5.41, 5.74) is 0.0876. The van der Waals surface area contributed by atoms with Crippen molar-refractivity contribution in [3.05, 3.63) is 11.4 Å². The topological polar surface area (TPSA) is 4.36 Å². The van der Waals surface area contributed by atoms with Gasteiger partial charge in [0.05, 0.1) is 0 Å². The van der Waals surface area contributed by atoms with Gasteiger partial charge in [-0.2, -0.15) is 0 Å². The average molecular weight is 151 g/mol. The standard InChI is InChI=1S/C10H17N/c1-9(2)5-8-10(11-3)6-4-7-10/h9H,4-8H2,1-2H3. The fourth-order valence-corrected chi connectivity index (χ4v) is 1.56. The normalized spacial score (nSPS) is 20.9. The highest BCUT2D eigenvalue weighted by molar-refractivity contribution is 5.04. The molecule has 1 fully saturated rings. The van der Waals surface area contributed by atoms with Gasteiger partial charge in [-0.1, -0.05) is 13.8 Å². The molecule has 0 saturated heterocycles. The van der Waals surface area contributed by atoms with Crippen LogP contribution in [0.4, 0.5) is 0 Å². The van der Waals surface area contributed by atoms with E-state index in [9.17, 15) is 0 Å². The van der Waals surface area contributed by atoms with E-state index in [-0.39, 0.29) is 5.54 Å². The zero-order valence-corrected chi connectivity index (χ0v) is 7.56. The van der Waals surface area contributed by atoms with E-state index in [0.29, 0.717) is 0 Å². The Bertz CT molecular complexity index is 160. The van der Waals surface area contributed by atoms with Crippen LogP contribution < -0.4 is 0 Å². The predicted octanol–water partition coefficient (Wildman–Crippen LogP) is 3.26. The SMILES string of the molecule is [C-]#[N+]C1(CCC(C)C)CCC1. The summed E-state index contributed by atoms with van der Waals surface area (Å²) in [6.45, 7) is 11.5. The van der Waals surface area contributed by atoms with Crippen LogP contribution in [-0.4, -0.2) is 5.54 Å². The summed E-state index contributed by atoms with van der Waals surface area (Å²) in [6, 6.07) is 0. The van der Waals surface area contributed by atoms with Crippen LogP contribution in [-0.2, 0) is 0 Å². The first-order chi connectivity index (χ1) is 5.18. The fraction of sp³-hybridized carbons (Fsp3) is 0.900. The highest BCUT2D eigenvalue weighted by Crippen LogP contribution is 2.40. The lowest BCUT2D eigenvalue weighted by Crippen LogP contribution is -2.33. The minimum Gasteiger partial charge on any atom is -0.310 e. The molecule has 0 aliphatic heterocycles. The predicted molar refractivity (Wildman–Crippen MR) is 47.3 cm³/mol. The van der Waals surface area contributed by atoms with Crippen molar-refractivity contribution in [1.82, 2.24) is 0 Å². The fourth-order valence-electron chi connectivity index (χ4n) is 1.56. The lowest BCUT2D eigenvalue weighted by atomic mass is 9.73. The van der Waals surface area contributed by atoms with Crippen molar-refractivity contribution in [1.29, 1.82) is 0 Å². The Balaban J connectivity index is 2.29. The van der Waals surface area contributed by atoms with Crippen LogP contribution in [0, 0.1) is 12.5 Å². The molecular weight excluding hydrogens is 134 g/mol. The molecule has 1 nitrogen and oxygen atoms in total. The second-order valence-corrected chi connectivity index (χ2v) is 4.12. The third-order valence-corrected chi connectivity index (χ3v) is 2.71. The molecule has 62 valence electrons. The third kappa shape index (κ3) is 1.96. The van der Waals surface area contributed by atoms with Gasteiger partial charge in [0.25, 0.3) is 0 Å². The molecule has 1 aliphatic carbocycles. The van der Waals surface area contributed by atoms with Crippen molar-refractivity contribution >= 4 is 0 Å². The molecule has 0 spiro atoms. The molecule has 0 unspecified atom stereocenters. The summed E-state index contributed by atoms with van der Waals surface area (Å²) < 4.78 is 0. The van der Waals surface area contributed by atoms with Crippen molar-refractivity contribution < 1.29 is 0 Å². The summed E-state index contributed by atoms with van der Waals surface area (Å²) in [7, 11) is 0. The van der Waals surface area contributed by atoms with Gasteiger partial charge in [-0.15, -0.1) is 0 Å². The first-order valence-electron chi connectivity index (χ1n) is 4.57. The number of hydrogen-bond donors (Lipinski definition) is 0. The lowest BCUT2D eigenvalue weighted by molar-refractivity contribution is 0.266. The van der Waals surface area contributed by atoms with E-state index in [1.54, 1.807) is 0 Å².